The molecular formula is C61H89N7O9S3. The van der Waals surface area contributed by atoms with Crippen LogP contribution in [0.4, 0.5) is 0 Å². The van der Waals surface area contributed by atoms with Crippen molar-refractivity contribution in [3.63, 3.8) is 0 Å². The van der Waals surface area contributed by atoms with Crippen LogP contribution in [0.25, 0.3) is 0 Å². The highest BCUT2D eigenvalue weighted by Crippen LogP contribution is 2.33. The van der Waals surface area contributed by atoms with Gasteiger partial charge >= 0.3 is 0 Å². The van der Waals surface area contributed by atoms with Crippen LogP contribution in [0.3, 0.4) is 0 Å². The van der Waals surface area contributed by atoms with Crippen LogP contribution in [-0.4, -0.2) is 166 Å². The summed E-state index contributed by atoms with van der Waals surface area (Å²) in [7, 11) is 0. The van der Waals surface area contributed by atoms with Crippen LogP contribution in [-0.2, 0) is 56.0 Å². The van der Waals surface area contributed by atoms with E-state index in [-0.39, 0.29) is 54.5 Å². The second kappa shape index (κ2) is 40.3. The van der Waals surface area contributed by atoms with Crippen molar-refractivity contribution in [2.45, 2.75) is 178 Å². The molecule has 0 amide bonds. The lowest BCUT2D eigenvalue weighted by molar-refractivity contribution is -0.110. The van der Waals surface area contributed by atoms with Gasteiger partial charge in [0.1, 0.15) is 44.0 Å². The Morgan fingerprint density at radius 2 is 0.950 bits per heavy atom. The molecule has 0 aromatic heterocycles. The zero-order valence-corrected chi connectivity index (χ0v) is 49.3. The van der Waals surface area contributed by atoms with Gasteiger partial charge in [0, 0.05) is 83.9 Å². The number of thioether (sulfide) groups is 3. The molecule has 7 aliphatic heterocycles. The third-order valence-corrected chi connectivity index (χ3v) is 18.0. The molecule has 2 unspecified atom stereocenters. The third-order valence-electron chi connectivity index (χ3n) is 14.6. The van der Waals surface area contributed by atoms with Crippen molar-refractivity contribution < 1.29 is 43.0 Å². The van der Waals surface area contributed by atoms with Gasteiger partial charge in [0.15, 0.2) is 0 Å². The molecule has 80 heavy (non-hydrogen) atoms. The predicted octanol–water partition coefficient (Wildman–Crippen LogP) is 5.95. The Bertz CT molecular complexity index is 2100. The molecule has 8 aliphatic rings. The lowest BCUT2D eigenvalue weighted by Crippen LogP contribution is -2.36. The van der Waals surface area contributed by atoms with E-state index in [1.54, 1.807) is 11.8 Å². The average molecular weight is 1160 g/mol. The summed E-state index contributed by atoms with van der Waals surface area (Å²) in [5.74, 6) is 2.69. The van der Waals surface area contributed by atoms with Gasteiger partial charge in [-0.3, -0.25) is 5.32 Å². The topological polar surface area (TPSA) is 222 Å². The van der Waals surface area contributed by atoms with Gasteiger partial charge in [0.05, 0.1) is 54.5 Å². The van der Waals surface area contributed by atoms with Gasteiger partial charge in [-0.05, 0) is 106 Å². The molecule has 3 aromatic carbocycles. The molecule has 13 atom stereocenters. The van der Waals surface area contributed by atoms with Crippen LogP contribution in [0.5, 0.6) is 0 Å². The Morgan fingerprint density at radius 3 is 1.38 bits per heavy atom. The molecule has 7 heterocycles. The summed E-state index contributed by atoms with van der Waals surface area (Å²) in [6.07, 6.45) is 20.4. The van der Waals surface area contributed by atoms with Gasteiger partial charge in [-0.1, -0.05) is 87.4 Å². The fourth-order valence-electron chi connectivity index (χ4n) is 10.3. The van der Waals surface area contributed by atoms with Gasteiger partial charge in [-0.15, -0.1) is 35.3 Å². The van der Waals surface area contributed by atoms with E-state index in [1.165, 1.54) is 46.6 Å². The molecule has 3 aromatic rings. The molecule has 440 valence electrons. The highest BCUT2D eigenvalue weighted by molar-refractivity contribution is 8.00. The standard InChI is InChI=1S/2C11H13NOS.C10H11NO.C9H15NO.2C8H15NO2.C4H7NOS/c2*13-8-9-6-11(7-12-9)14-10-4-2-1-3-5-10;12-7-10-5-8-3-1-2-4-9(8)6-11-10;11-6-8-5-7-3-1-2-4-9(7)10-8;2*1-2-3-11-8-4-7(6-10)9-5-8;6-1-4-2-7-3-5-4/h2*1-5,8-9,11-12H,6-7H2;1-4,7,10-11H,5-6H2;6-10H,1-5H2;2*6-9H,2-5H2,1H3;1,4-5H,2-3H2/t9-,11+;9-,11-;10-;7?,8-,9?;7-,8+;7-,8-;4-/m0000001/s1. The second-order valence-corrected chi connectivity index (χ2v) is 24.8. The van der Waals surface area contributed by atoms with Gasteiger partial charge in [0.25, 0.3) is 0 Å². The summed E-state index contributed by atoms with van der Waals surface area (Å²) >= 11 is 5.46. The molecule has 0 spiro atoms. The SMILES string of the molecule is CCCO[C@@H]1CN[C@H](C=O)C1.CCCO[C@H]1CN[C@H](C=O)C1.O=C[C@@H]1CC2CCCCC2N1.O=C[C@@H]1CSCN1.O=C[C@@H]1C[C@@H](Sc2ccccc2)CN1.O=C[C@@H]1C[C@H](Sc2ccccc2)CN1.O=C[C@@H]1Cc2ccccc2CN1. The van der Waals surface area contributed by atoms with Crippen molar-refractivity contribution in [1.29, 1.82) is 0 Å². The Balaban J connectivity index is 0.000000173. The number of carbonyl (C=O) groups excluding carboxylic acids is 7. The average Bonchev–Trinajstić information content (AvgIpc) is 4.41. The Morgan fingerprint density at radius 1 is 0.487 bits per heavy atom. The lowest BCUT2D eigenvalue weighted by atomic mass is 9.85. The monoisotopic (exact) mass is 1160 g/mol. The number of benzene rings is 3. The zero-order valence-electron chi connectivity index (χ0n) is 46.9. The van der Waals surface area contributed by atoms with Crippen LogP contribution in [0, 0.1) is 5.92 Å². The van der Waals surface area contributed by atoms with E-state index in [0.29, 0.717) is 16.5 Å². The highest BCUT2D eigenvalue weighted by atomic mass is 32.2. The third kappa shape index (κ3) is 25.7. The first-order chi connectivity index (χ1) is 39.2. The molecule has 6 saturated heterocycles. The minimum atomic E-state index is 0.0138. The summed E-state index contributed by atoms with van der Waals surface area (Å²) in [6, 6.07) is 30.1. The van der Waals surface area contributed by atoms with E-state index in [4.69, 9.17) is 9.47 Å². The van der Waals surface area contributed by atoms with Crippen LogP contribution >= 0.6 is 35.3 Å². The quantitative estimate of drug-likeness (QED) is 0.0776. The van der Waals surface area contributed by atoms with Crippen LogP contribution in [0.2, 0.25) is 0 Å². The normalized spacial score (nSPS) is 29.5. The Kier molecular flexibility index (Phi) is 33.7. The van der Waals surface area contributed by atoms with Crippen LogP contribution in [0.1, 0.15) is 95.6 Å². The molecule has 16 nitrogen and oxygen atoms in total. The van der Waals surface area contributed by atoms with Gasteiger partial charge in [0.2, 0.25) is 0 Å². The largest absolute Gasteiger partial charge is 0.377 e. The first-order valence-electron chi connectivity index (χ1n) is 28.9. The predicted molar refractivity (Wildman–Crippen MR) is 323 cm³/mol. The van der Waals surface area contributed by atoms with Gasteiger partial charge in [-0.25, -0.2) is 0 Å². The summed E-state index contributed by atoms with van der Waals surface area (Å²) in [5.41, 5.74) is 2.61. The fourth-order valence-corrected chi connectivity index (χ4v) is 13.5. The number of ether oxygens (including phenoxy) is 2. The van der Waals surface area contributed by atoms with E-state index >= 15 is 0 Å². The van der Waals surface area contributed by atoms with Crippen molar-refractivity contribution in [3.8, 4) is 0 Å². The van der Waals surface area contributed by atoms with E-state index in [2.05, 4.69) is 87.5 Å². The van der Waals surface area contributed by atoms with Crippen molar-refractivity contribution >= 4 is 79.3 Å². The number of nitrogens with one attached hydrogen (secondary N) is 7. The Hall–Kier alpha value is -3.96. The maximum absolute atomic E-state index is 10.5. The highest BCUT2D eigenvalue weighted by Gasteiger charge is 2.34. The van der Waals surface area contributed by atoms with Crippen LogP contribution < -0.4 is 37.2 Å². The summed E-state index contributed by atoms with van der Waals surface area (Å²) in [5, 5.41) is 23.1. The summed E-state index contributed by atoms with van der Waals surface area (Å²) in [4.78, 5) is 75.2. The number of fused-ring (bicyclic) bond motifs is 2. The van der Waals surface area contributed by atoms with Crippen LogP contribution in [0.15, 0.2) is 94.7 Å². The molecule has 0 bridgehead atoms. The molecule has 1 aliphatic carbocycles. The van der Waals surface area contributed by atoms with Crippen molar-refractivity contribution in [2.75, 3.05) is 51.0 Å². The molecule has 7 fully saturated rings. The zero-order chi connectivity index (χ0) is 57.0. The minimum Gasteiger partial charge on any atom is -0.377 e. The first-order valence-corrected chi connectivity index (χ1v) is 31.8. The van der Waals surface area contributed by atoms with Crippen molar-refractivity contribution in [3.05, 3.63) is 96.1 Å². The van der Waals surface area contributed by atoms with E-state index in [0.717, 1.165) is 159 Å². The fraction of sp³-hybridized carbons (Fsp3) is 0.590. The lowest BCUT2D eigenvalue weighted by Gasteiger charge is -2.24. The summed E-state index contributed by atoms with van der Waals surface area (Å²) in [6.45, 7) is 10.1. The Labute approximate surface area is 488 Å². The second-order valence-electron chi connectivity index (χ2n) is 21.0. The van der Waals surface area contributed by atoms with Gasteiger partial charge < -0.3 is 74.9 Å². The van der Waals surface area contributed by atoms with E-state index < -0.39 is 0 Å². The van der Waals surface area contributed by atoms with Gasteiger partial charge in [-0.2, -0.15) is 0 Å². The number of hydrogen-bond donors (Lipinski definition) is 7. The number of rotatable bonds is 17. The molecule has 0 radical (unpaired) electrons. The van der Waals surface area contributed by atoms with E-state index in [9.17, 15) is 33.6 Å². The molecular weight excluding hydrogens is 1070 g/mol. The minimum absolute atomic E-state index is 0.0138. The molecule has 7 N–H and O–H groups in total. The van der Waals surface area contributed by atoms with Crippen molar-refractivity contribution in [2.24, 2.45) is 5.92 Å². The first kappa shape index (κ1) is 66.8. The van der Waals surface area contributed by atoms with Crippen molar-refractivity contribution in [1.82, 2.24) is 37.2 Å². The number of aldehydes is 7. The maximum Gasteiger partial charge on any atom is 0.137 e. The smallest absolute Gasteiger partial charge is 0.137 e. The van der Waals surface area contributed by atoms with E-state index in [1.807, 2.05) is 72.1 Å². The molecule has 11 rings (SSSR count). The molecule has 19 heteroatoms. The number of carbonyl (C=O) groups is 7. The number of hydrogen-bond acceptors (Lipinski definition) is 19. The molecule has 1 saturated carbocycles. The summed E-state index contributed by atoms with van der Waals surface area (Å²) < 4.78 is 10.9. The maximum atomic E-state index is 10.5.